The van der Waals surface area contributed by atoms with Crippen LogP contribution in [0.25, 0.3) is 0 Å². The van der Waals surface area contributed by atoms with Crippen molar-refractivity contribution in [1.82, 2.24) is 4.90 Å². The number of alkyl halides is 1. The summed E-state index contributed by atoms with van der Waals surface area (Å²) in [5.74, 6) is 0.977. The van der Waals surface area contributed by atoms with Crippen molar-refractivity contribution in [3.05, 3.63) is 0 Å². The van der Waals surface area contributed by atoms with Gasteiger partial charge < -0.3 is 4.90 Å². The molecule has 0 N–H and O–H groups in total. The van der Waals surface area contributed by atoms with Crippen molar-refractivity contribution in [2.75, 3.05) is 13.1 Å². The van der Waals surface area contributed by atoms with E-state index in [1.165, 1.54) is 77.3 Å². The van der Waals surface area contributed by atoms with Crippen molar-refractivity contribution in [3.8, 4) is 0 Å². The molecule has 2 heteroatoms. The first kappa shape index (κ1) is 14.7. The van der Waals surface area contributed by atoms with E-state index in [1.54, 1.807) is 0 Å². The van der Waals surface area contributed by atoms with Crippen LogP contribution in [0.4, 0.5) is 0 Å². The second kappa shape index (κ2) is 7.75. The Labute approximate surface area is 118 Å². The van der Waals surface area contributed by atoms with Crippen molar-refractivity contribution in [2.24, 2.45) is 5.92 Å². The molecule has 0 aromatic rings. The minimum absolute atomic E-state index is 0.335. The summed E-state index contributed by atoms with van der Waals surface area (Å²) in [4.78, 5) is 2.79. The Morgan fingerprint density at radius 2 is 1.67 bits per heavy atom. The molecule has 0 amide bonds. The zero-order chi connectivity index (χ0) is 12.8. The standard InChI is InChI=1S/C16H30ClN/c1-14(17)12-16-10-6-3-7-11-18(16)13-15-8-4-2-5-9-15/h14-16H,2-13H2,1H3. The Kier molecular flexibility index (Phi) is 6.31. The second-order valence-corrected chi connectivity index (χ2v) is 7.26. The van der Waals surface area contributed by atoms with E-state index in [9.17, 15) is 0 Å². The molecular weight excluding hydrogens is 242 g/mol. The van der Waals surface area contributed by atoms with Gasteiger partial charge in [-0.2, -0.15) is 0 Å². The molecule has 1 heterocycles. The number of hydrogen-bond acceptors (Lipinski definition) is 1. The number of rotatable bonds is 4. The molecule has 0 aromatic carbocycles. The monoisotopic (exact) mass is 271 g/mol. The summed E-state index contributed by atoms with van der Waals surface area (Å²) >= 11 is 6.25. The average molecular weight is 272 g/mol. The third-order valence-corrected chi connectivity index (χ3v) is 4.99. The molecule has 0 aromatic heterocycles. The second-order valence-electron chi connectivity index (χ2n) is 6.52. The van der Waals surface area contributed by atoms with Crippen LogP contribution in [0.2, 0.25) is 0 Å². The lowest BCUT2D eigenvalue weighted by molar-refractivity contribution is 0.144. The predicted octanol–water partition coefficient (Wildman–Crippen LogP) is 4.83. The summed E-state index contributed by atoms with van der Waals surface area (Å²) in [6.45, 7) is 4.84. The molecule has 18 heavy (non-hydrogen) atoms. The lowest BCUT2D eigenvalue weighted by Crippen LogP contribution is -2.40. The third-order valence-electron chi connectivity index (χ3n) is 4.81. The quantitative estimate of drug-likeness (QED) is 0.662. The molecule has 0 radical (unpaired) electrons. The molecule has 1 nitrogen and oxygen atoms in total. The first-order chi connectivity index (χ1) is 8.75. The summed E-state index contributed by atoms with van der Waals surface area (Å²) in [5.41, 5.74) is 0. The molecule has 2 rings (SSSR count). The van der Waals surface area contributed by atoms with Crippen LogP contribution in [0, 0.1) is 5.92 Å². The molecule has 0 bridgehead atoms. The van der Waals surface area contributed by atoms with Crippen molar-refractivity contribution in [1.29, 1.82) is 0 Å². The normalized spacial score (nSPS) is 30.0. The molecule has 1 saturated heterocycles. The fourth-order valence-electron chi connectivity index (χ4n) is 3.82. The Bertz CT molecular complexity index is 223. The van der Waals surface area contributed by atoms with Crippen LogP contribution in [-0.2, 0) is 0 Å². The van der Waals surface area contributed by atoms with Crippen LogP contribution in [0.3, 0.4) is 0 Å². The highest BCUT2D eigenvalue weighted by molar-refractivity contribution is 6.20. The maximum absolute atomic E-state index is 6.25. The highest BCUT2D eigenvalue weighted by Crippen LogP contribution is 2.28. The third kappa shape index (κ3) is 4.74. The van der Waals surface area contributed by atoms with Gasteiger partial charge in [0.2, 0.25) is 0 Å². The smallest absolute Gasteiger partial charge is 0.0322 e. The number of halogens is 1. The highest BCUT2D eigenvalue weighted by Gasteiger charge is 2.25. The summed E-state index contributed by atoms with van der Waals surface area (Å²) in [6.07, 6.45) is 14.2. The maximum Gasteiger partial charge on any atom is 0.0322 e. The van der Waals surface area contributed by atoms with Crippen molar-refractivity contribution < 1.29 is 0 Å². The van der Waals surface area contributed by atoms with Gasteiger partial charge in [0, 0.05) is 18.0 Å². The Morgan fingerprint density at radius 3 is 2.39 bits per heavy atom. The number of nitrogens with zero attached hydrogens (tertiary/aromatic N) is 1. The molecule has 106 valence electrons. The molecule has 2 atom stereocenters. The minimum Gasteiger partial charge on any atom is -0.300 e. The van der Waals surface area contributed by atoms with Gasteiger partial charge in [0.05, 0.1) is 0 Å². The van der Waals surface area contributed by atoms with Gasteiger partial charge in [-0.1, -0.05) is 32.1 Å². The van der Waals surface area contributed by atoms with E-state index in [-0.39, 0.29) is 0 Å². The van der Waals surface area contributed by atoms with Crippen LogP contribution >= 0.6 is 11.6 Å². The van der Waals surface area contributed by atoms with E-state index in [2.05, 4.69) is 11.8 Å². The van der Waals surface area contributed by atoms with E-state index in [0.717, 1.165) is 12.0 Å². The minimum atomic E-state index is 0.335. The largest absolute Gasteiger partial charge is 0.300 e. The van der Waals surface area contributed by atoms with Gasteiger partial charge >= 0.3 is 0 Å². The van der Waals surface area contributed by atoms with Crippen LogP contribution in [0.1, 0.15) is 71.1 Å². The maximum atomic E-state index is 6.25. The van der Waals surface area contributed by atoms with Gasteiger partial charge in [-0.05, 0) is 51.5 Å². The molecule has 2 aliphatic rings. The molecule has 1 saturated carbocycles. The molecule has 0 spiro atoms. The van der Waals surface area contributed by atoms with Gasteiger partial charge in [0.15, 0.2) is 0 Å². The Morgan fingerprint density at radius 1 is 1.00 bits per heavy atom. The van der Waals surface area contributed by atoms with Crippen LogP contribution in [-0.4, -0.2) is 29.4 Å². The average Bonchev–Trinajstić information content (AvgIpc) is 2.56. The van der Waals surface area contributed by atoms with Crippen molar-refractivity contribution in [3.63, 3.8) is 0 Å². The fraction of sp³-hybridized carbons (Fsp3) is 1.00. The lowest BCUT2D eigenvalue weighted by atomic mass is 9.88. The Balaban J connectivity index is 1.87. The summed E-state index contributed by atoms with van der Waals surface area (Å²) in [6, 6.07) is 0.766. The molecule has 1 aliphatic carbocycles. The van der Waals surface area contributed by atoms with Gasteiger partial charge in [-0.25, -0.2) is 0 Å². The van der Waals surface area contributed by atoms with Gasteiger partial charge in [-0.3, -0.25) is 0 Å². The zero-order valence-electron chi connectivity index (χ0n) is 12.0. The van der Waals surface area contributed by atoms with E-state index in [1.807, 2.05) is 0 Å². The fourth-order valence-corrected chi connectivity index (χ4v) is 4.03. The molecule has 2 fully saturated rings. The number of likely N-dealkylation sites (tertiary alicyclic amines) is 1. The van der Waals surface area contributed by atoms with E-state index < -0.39 is 0 Å². The van der Waals surface area contributed by atoms with Gasteiger partial charge in [0.1, 0.15) is 0 Å². The molecular formula is C16H30ClN. The van der Waals surface area contributed by atoms with Crippen LogP contribution in [0.15, 0.2) is 0 Å². The van der Waals surface area contributed by atoms with Gasteiger partial charge in [0.25, 0.3) is 0 Å². The van der Waals surface area contributed by atoms with Crippen LogP contribution < -0.4 is 0 Å². The molecule has 1 aliphatic heterocycles. The zero-order valence-corrected chi connectivity index (χ0v) is 12.8. The summed E-state index contributed by atoms with van der Waals surface area (Å²) in [7, 11) is 0. The van der Waals surface area contributed by atoms with E-state index >= 15 is 0 Å². The Hall–Kier alpha value is 0.250. The SMILES string of the molecule is CC(Cl)CC1CCCCCN1CC1CCCCC1. The highest BCUT2D eigenvalue weighted by atomic mass is 35.5. The first-order valence-electron chi connectivity index (χ1n) is 8.14. The van der Waals surface area contributed by atoms with Crippen molar-refractivity contribution >= 4 is 11.6 Å². The molecule has 2 unspecified atom stereocenters. The lowest BCUT2D eigenvalue weighted by Gasteiger charge is -2.35. The number of hydrogen-bond donors (Lipinski definition) is 0. The van der Waals surface area contributed by atoms with Gasteiger partial charge in [-0.15, -0.1) is 11.6 Å². The van der Waals surface area contributed by atoms with Crippen LogP contribution in [0.5, 0.6) is 0 Å². The van der Waals surface area contributed by atoms with Crippen molar-refractivity contribution in [2.45, 2.75) is 82.6 Å². The predicted molar refractivity (Wildman–Crippen MR) is 80.3 cm³/mol. The van der Waals surface area contributed by atoms with E-state index in [0.29, 0.717) is 5.38 Å². The topological polar surface area (TPSA) is 3.24 Å². The summed E-state index contributed by atoms with van der Waals surface area (Å²) < 4.78 is 0. The first-order valence-corrected chi connectivity index (χ1v) is 8.57. The van der Waals surface area contributed by atoms with E-state index in [4.69, 9.17) is 11.6 Å². The summed E-state index contributed by atoms with van der Waals surface area (Å²) in [5, 5.41) is 0.335.